The summed E-state index contributed by atoms with van der Waals surface area (Å²) >= 11 is 5.96. The minimum atomic E-state index is -1.23. The van der Waals surface area contributed by atoms with Crippen LogP contribution in [0.25, 0.3) is 0 Å². The van der Waals surface area contributed by atoms with Crippen LogP contribution in [0.4, 0.5) is 4.39 Å². The maximum atomic E-state index is 14.8. The highest BCUT2D eigenvalue weighted by Crippen LogP contribution is 2.37. The Kier molecular flexibility index (Phi) is 4.13. The topological polar surface area (TPSA) is 35.2 Å². The molecule has 2 unspecified atom stereocenters. The average molecular weight is 272 g/mol. The highest BCUT2D eigenvalue weighted by Gasteiger charge is 2.36. The quantitative estimate of drug-likeness (QED) is 0.913. The molecule has 4 heteroatoms. The maximum Gasteiger partial charge on any atom is 0.122 e. The molecule has 1 saturated carbocycles. The third kappa shape index (κ3) is 3.15. The van der Waals surface area contributed by atoms with Crippen molar-refractivity contribution in [2.45, 2.75) is 43.8 Å². The molecule has 2 N–H and O–H groups in total. The number of nitrogens with two attached hydrogens (primary N) is 1. The Balaban J connectivity index is 2.19. The Morgan fingerprint density at radius 1 is 1.56 bits per heavy atom. The molecule has 0 saturated heterocycles. The van der Waals surface area contributed by atoms with Crippen LogP contribution >= 0.6 is 11.6 Å². The molecule has 1 aliphatic carbocycles. The van der Waals surface area contributed by atoms with Crippen LogP contribution in [0, 0.1) is 0 Å². The molecule has 18 heavy (non-hydrogen) atoms. The zero-order valence-electron chi connectivity index (χ0n) is 10.6. The van der Waals surface area contributed by atoms with Gasteiger partial charge in [0.25, 0.3) is 0 Å². The molecule has 2 rings (SSSR count). The van der Waals surface area contributed by atoms with Crippen molar-refractivity contribution in [3.63, 3.8) is 0 Å². The molecule has 0 bridgehead atoms. The number of hydrogen-bond acceptors (Lipinski definition) is 2. The van der Waals surface area contributed by atoms with Gasteiger partial charge in [-0.2, -0.15) is 0 Å². The second-order valence-electron chi connectivity index (χ2n) is 5.14. The van der Waals surface area contributed by atoms with E-state index in [0.29, 0.717) is 30.0 Å². The molecule has 2 atom stereocenters. The van der Waals surface area contributed by atoms with Gasteiger partial charge in [-0.1, -0.05) is 11.6 Å². The van der Waals surface area contributed by atoms with Crippen molar-refractivity contribution >= 4 is 11.6 Å². The van der Waals surface area contributed by atoms with E-state index in [1.807, 2.05) is 0 Å². The third-order valence-electron chi connectivity index (χ3n) is 3.58. The summed E-state index contributed by atoms with van der Waals surface area (Å²) in [5, 5.41) is 0.606. The minimum absolute atomic E-state index is 0.0334. The van der Waals surface area contributed by atoms with Crippen LogP contribution in [0.3, 0.4) is 0 Å². The Labute approximate surface area is 112 Å². The Morgan fingerprint density at radius 2 is 2.33 bits per heavy atom. The first-order valence-corrected chi connectivity index (χ1v) is 6.67. The molecular weight excluding hydrogens is 253 g/mol. The molecule has 1 aromatic carbocycles. The monoisotopic (exact) mass is 271 g/mol. The summed E-state index contributed by atoms with van der Waals surface area (Å²) in [6, 6.07) is 5.28. The molecule has 0 aliphatic heterocycles. The largest absolute Gasteiger partial charge is 0.496 e. The maximum absolute atomic E-state index is 14.8. The lowest BCUT2D eigenvalue weighted by molar-refractivity contribution is 0.0957. The first kappa shape index (κ1) is 13.6. The number of benzene rings is 1. The van der Waals surface area contributed by atoms with Crippen LogP contribution in [-0.4, -0.2) is 18.8 Å². The highest BCUT2D eigenvalue weighted by atomic mass is 35.5. The van der Waals surface area contributed by atoms with Crippen LogP contribution in [0.1, 0.15) is 31.2 Å². The molecule has 1 aliphatic rings. The number of methoxy groups -OCH3 is 1. The first-order chi connectivity index (χ1) is 8.52. The van der Waals surface area contributed by atoms with Gasteiger partial charge in [-0.05, 0) is 49.4 Å². The van der Waals surface area contributed by atoms with Gasteiger partial charge in [0.1, 0.15) is 11.4 Å². The van der Waals surface area contributed by atoms with Gasteiger partial charge in [-0.25, -0.2) is 4.39 Å². The van der Waals surface area contributed by atoms with Crippen LogP contribution in [0.15, 0.2) is 18.2 Å². The van der Waals surface area contributed by atoms with Crippen LogP contribution in [0.5, 0.6) is 5.75 Å². The molecule has 1 fully saturated rings. The lowest BCUT2D eigenvalue weighted by atomic mass is 9.79. The summed E-state index contributed by atoms with van der Waals surface area (Å²) in [5.74, 6) is 0.690. The van der Waals surface area contributed by atoms with Gasteiger partial charge >= 0.3 is 0 Å². The van der Waals surface area contributed by atoms with E-state index in [4.69, 9.17) is 22.1 Å². The molecule has 1 aromatic rings. The van der Waals surface area contributed by atoms with Gasteiger partial charge in [-0.15, -0.1) is 0 Å². The number of ether oxygens (including phenoxy) is 1. The van der Waals surface area contributed by atoms with Crippen molar-refractivity contribution in [3.8, 4) is 5.75 Å². The van der Waals surface area contributed by atoms with Crippen molar-refractivity contribution in [1.82, 2.24) is 0 Å². The normalized spacial score (nSPS) is 28.1. The van der Waals surface area contributed by atoms with Crippen molar-refractivity contribution < 1.29 is 9.13 Å². The summed E-state index contributed by atoms with van der Waals surface area (Å²) in [6.45, 7) is 0. The summed E-state index contributed by atoms with van der Waals surface area (Å²) in [7, 11) is 1.59. The number of rotatable bonds is 3. The summed E-state index contributed by atoms with van der Waals surface area (Å²) in [4.78, 5) is 0. The molecule has 100 valence electrons. The van der Waals surface area contributed by atoms with Gasteiger partial charge in [0.05, 0.1) is 7.11 Å². The molecule has 0 heterocycles. The van der Waals surface area contributed by atoms with Crippen LogP contribution in [-0.2, 0) is 6.42 Å². The Bertz CT molecular complexity index is 426. The molecular formula is C14H19ClFNO. The Hall–Kier alpha value is -0.800. The van der Waals surface area contributed by atoms with Crippen molar-refractivity contribution in [3.05, 3.63) is 28.8 Å². The van der Waals surface area contributed by atoms with Gasteiger partial charge < -0.3 is 10.5 Å². The van der Waals surface area contributed by atoms with Gasteiger partial charge in [-0.3, -0.25) is 0 Å². The second kappa shape index (κ2) is 5.45. The highest BCUT2D eigenvalue weighted by molar-refractivity contribution is 6.30. The lowest BCUT2D eigenvalue weighted by Crippen LogP contribution is -2.39. The minimum Gasteiger partial charge on any atom is -0.496 e. The smallest absolute Gasteiger partial charge is 0.122 e. The predicted molar refractivity (Wildman–Crippen MR) is 72.0 cm³/mol. The van der Waals surface area contributed by atoms with Crippen molar-refractivity contribution in [2.24, 2.45) is 5.73 Å². The fourth-order valence-electron chi connectivity index (χ4n) is 2.74. The number of halogens is 2. The SMILES string of the molecule is COc1ccc(Cl)cc1CC1(F)CCCC(N)C1. The van der Waals surface area contributed by atoms with E-state index in [2.05, 4.69) is 0 Å². The predicted octanol–water partition coefficient (Wildman–Crippen LogP) is 3.50. The van der Waals surface area contributed by atoms with Gasteiger partial charge in [0.15, 0.2) is 0 Å². The fourth-order valence-corrected chi connectivity index (χ4v) is 2.94. The van der Waals surface area contributed by atoms with Crippen LogP contribution in [0.2, 0.25) is 5.02 Å². The first-order valence-electron chi connectivity index (χ1n) is 6.29. The third-order valence-corrected chi connectivity index (χ3v) is 3.81. The summed E-state index contributed by atoms with van der Waals surface area (Å²) in [6.07, 6.45) is 3.07. The molecule has 0 aromatic heterocycles. The van der Waals surface area contributed by atoms with E-state index in [1.165, 1.54) is 0 Å². The zero-order valence-corrected chi connectivity index (χ0v) is 11.3. The van der Waals surface area contributed by atoms with Crippen LogP contribution < -0.4 is 10.5 Å². The van der Waals surface area contributed by atoms with E-state index in [9.17, 15) is 4.39 Å². The standard InChI is InChI=1S/C14H19ClFNO/c1-18-13-5-4-11(15)7-10(13)8-14(16)6-2-3-12(17)9-14/h4-5,7,12H,2-3,6,8-9,17H2,1H3. The number of hydrogen-bond donors (Lipinski definition) is 1. The Morgan fingerprint density at radius 3 is 3.00 bits per heavy atom. The van der Waals surface area contributed by atoms with Gasteiger partial charge in [0, 0.05) is 17.5 Å². The lowest BCUT2D eigenvalue weighted by Gasteiger charge is -2.33. The van der Waals surface area contributed by atoms with E-state index in [-0.39, 0.29) is 6.04 Å². The van der Waals surface area contributed by atoms with E-state index >= 15 is 0 Å². The molecule has 2 nitrogen and oxygen atoms in total. The zero-order chi connectivity index (χ0) is 13.2. The molecule has 0 spiro atoms. The summed E-state index contributed by atoms with van der Waals surface area (Å²) in [5.41, 5.74) is 5.46. The van der Waals surface area contributed by atoms with Crippen molar-refractivity contribution in [2.75, 3.05) is 7.11 Å². The average Bonchev–Trinajstić information content (AvgIpc) is 2.28. The number of alkyl halides is 1. The van der Waals surface area contributed by atoms with E-state index < -0.39 is 5.67 Å². The van der Waals surface area contributed by atoms with Crippen molar-refractivity contribution in [1.29, 1.82) is 0 Å². The fraction of sp³-hybridized carbons (Fsp3) is 0.571. The molecule has 0 radical (unpaired) electrons. The van der Waals surface area contributed by atoms with E-state index in [1.54, 1.807) is 25.3 Å². The van der Waals surface area contributed by atoms with E-state index in [0.717, 1.165) is 18.4 Å². The molecule has 0 amide bonds. The second-order valence-corrected chi connectivity index (χ2v) is 5.58. The summed E-state index contributed by atoms with van der Waals surface area (Å²) < 4.78 is 20.0. The van der Waals surface area contributed by atoms with Gasteiger partial charge in [0.2, 0.25) is 0 Å².